The number of nitrogens with one attached hydrogen (secondary N) is 2. The molecule has 6 N–H and O–H groups in total. The normalized spacial score (nSPS) is 9.30. The lowest BCUT2D eigenvalue weighted by molar-refractivity contribution is 0.990. The quantitative estimate of drug-likeness (QED) is 0.266. The van der Waals surface area contributed by atoms with Crippen LogP contribution in [-0.2, 0) is 0 Å². The SMILES string of the molecule is NNc1nc(N)[nH]c(=O)n1. The van der Waals surface area contributed by atoms with E-state index in [4.69, 9.17) is 11.6 Å². The lowest BCUT2D eigenvalue weighted by atomic mass is 10.9. The van der Waals surface area contributed by atoms with E-state index >= 15 is 0 Å². The first kappa shape index (κ1) is 6.49. The Bertz CT molecular complexity index is 279. The van der Waals surface area contributed by atoms with Gasteiger partial charge in [0.05, 0.1) is 0 Å². The van der Waals surface area contributed by atoms with Crippen LogP contribution in [0.4, 0.5) is 11.9 Å². The first-order chi connectivity index (χ1) is 4.72. The van der Waals surface area contributed by atoms with Crippen LogP contribution >= 0.6 is 0 Å². The zero-order valence-corrected chi connectivity index (χ0v) is 4.96. The fraction of sp³-hybridized carbons (Fsp3) is 0. The maximum atomic E-state index is 10.5. The molecule has 0 spiro atoms. The number of aromatic amines is 1. The van der Waals surface area contributed by atoms with Crippen molar-refractivity contribution >= 4 is 11.9 Å². The number of aromatic nitrogens is 3. The van der Waals surface area contributed by atoms with Gasteiger partial charge in [0.1, 0.15) is 0 Å². The van der Waals surface area contributed by atoms with Gasteiger partial charge in [-0.2, -0.15) is 9.97 Å². The molecule has 0 aliphatic rings. The first-order valence-electron chi connectivity index (χ1n) is 2.43. The number of H-pyrrole nitrogens is 1. The summed E-state index contributed by atoms with van der Waals surface area (Å²) in [4.78, 5) is 19.5. The molecule has 7 nitrogen and oxygen atoms in total. The molecule has 1 aromatic rings. The summed E-state index contributed by atoms with van der Waals surface area (Å²) in [7, 11) is 0. The van der Waals surface area contributed by atoms with Crippen LogP contribution in [0.25, 0.3) is 0 Å². The second kappa shape index (κ2) is 2.31. The average molecular weight is 142 g/mol. The van der Waals surface area contributed by atoms with Crippen molar-refractivity contribution in [2.75, 3.05) is 11.2 Å². The number of anilines is 2. The first-order valence-corrected chi connectivity index (χ1v) is 2.43. The van der Waals surface area contributed by atoms with Gasteiger partial charge in [0, 0.05) is 0 Å². The van der Waals surface area contributed by atoms with Crippen molar-refractivity contribution in [1.82, 2.24) is 15.0 Å². The number of nitrogens with zero attached hydrogens (tertiary/aromatic N) is 2. The molecule has 54 valence electrons. The summed E-state index contributed by atoms with van der Waals surface area (Å²) in [5.41, 5.74) is 6.64. The second-order valence-corrected chi connectivity index (χ2v) is 1.51. The second-order valence-electron chi connectivity index (χ2n) is 1.51. The predicted molar refractivity (Wildman–Crippen MR) is 34.9 cm³/mol. The molecule has 0 amide bonds. The summed E-state index contributed by atoms with van der Waals surface area (Å²) in [5.74, 6) is 4.88. The Kier molecular flexibility index (Phi) is 1.50. The smallest absolute Gasteiger partial charge is 0.351 e. The van der Waals surface area contributed by atoms with Crippen LogP contribution in [-0.4, -0.2) is 15.0 Å². The number of hydrazine groups is 1. The highest BCUT2D eigenvalue weighted by atomic mass is 16.1. The lowest BCUT2D eigenvalue weighted by Crippen LogP contribution is -2.20. The van der Waals surface area contributed by atoms with Crippen LogP contribution < -0.4 is 22.7 Å². The Labute approximate surface area is 55.5 Å². The molecule has 0 saturated heterocycles. The summed E-state index contributed by atoms with van der Waals surface area (Å²) in [6.07, 6.45) is 0. The molecule has 0 aromatic carbocycles. The molecule has 0 atom stereocenters. The fourth-order valence-electron chi connectivity index (χ4n) is 0.465. The maximum Gasteiger partial charge on any atom is 0.351 e. The van der Waals surface area contributed by atoms with E-state index in [2.05, 4.69) is 20.4 Å². The molecule has 1 rings (SSSR count). The van der Waals surface area contributed by atoms with Crippen LogP contribution in [0.3, 0.4) is 0 Å². The van der Waals surface area contributed by atoms with Gasteiger partial charge < -0.3 is 5.73 Å². The van der Waals surface area contributed by atoms with Crippen molar-refractivity contribution in [2.24, 2.45) is 5.84 Å². The number of hydrogen-bond donors (Lipinski definition) is 4. The zero-order chi connectivity index (χ0) is 7.56. The van der Waals surface area contributed by atoms with E-state index in [-0.39, 0.29) is 11.9 Å². The highest BCUT2D eigenvalue weighted by molar-refractivity contribution is 5.26. The Hall–Kier alpha value is -1.63. The summed E-state index contributed by atoms with van der Waals surface area (Å²) in [6.45, 7) is 0. The number of nitrogen functional groups attached to an aromatic ring is 2. The van der Waals surface area contributed by atoms with Crippen LogP contribution in [0.5, 0.6) is 0 Å². The van der Waals surface area contributed by atoms with E-state index in [9.17, 15) is 4.79 Å². The fourth-order valence-corrected chi connectivity index (χ4v) is 0.465. The van der Waals surface area contributed by atoms with Gasteiger partial charge in [-0.1, -0.05) is 0 Å². The molecule has 0 radical (unpaired) electrons. The van der Waals surface area contributed by atoms with E-state index in [1.807, 2.05) is 0 Å². The summed E-state index contributed by atoms with van der Waals surface area (Å²) < 4.78 is 0. The summed E-state index contributed by atoms with van der Waals surface area (Å²) >= 11 is 0. The van der Waals surface area contributed by atoms with Crippen molar-refractivity contribution in [2.45, 2.75) is 0 Å². The molecule has 7 heteroatoms. The van der Waals surface area contributed by atoms with Gasteiger partial charge in [0.2, 0.25) is 11.9 Å². The van der Waals surface area contributed by atoms with E-state index in [0.717, 1.165) is 0 Å². The van der Waals surface area contributed by atoms with Crippen molar-refractivity contribution in [3.63, 3.8) is 0 Å². The van der Waals surface area contributed by atoms with Crippen LogP contribution in [0.2, 0.25) is 0 Å². The van der Waals surface area contributed by atoms with Crippen molar-refractivity contribution < 1.29 is 0 Å². The largest absolute Gasteiger partial charge is 0.369 e. The van der Waals surface area contributed by atoms with Gasteiger partial charge in [0.15, 0.2) is 0 Å². The Balaban J connectivity index is 3.19. The monoisotopic (exact) mass is 142 g/mol. The third kappa shape index (κ3) is 1.20. The standard InChI is InChI=1S/C3H6N6O/c4-1-6-2(9-5)8-3(10)7-1/h5H2,(H4,4,6,7,8,9,10). The molecule has 0 unspecified atom stereocenters. The summed E-state index contributed by atoms with van der Waals surface area (Å²) in [5, 5.41) is 0. The van der Waals surface area contributed by atoms with E-state index in [1.165, 1.54) is 0 Å². The third-order valence-corrected chi connectivity index (χ3v) is 0.798. The maximum absolute atomic E-state index is 10.5. The molecule has 0 saturated carbocycles. The van der Waals surface area contributed by atoms with Crippen LogP contribution in [0.15, 0.2) is 4.79 Å². The summed E-state index contributed by atoms with van der Waals surface area (Å²) in [6, 6.07) is 0. The number of nitrogens with two attached hydrogens (primary N) is 2. The minimum Gasteiger partial charge on any atom is -0.369 e. The van der Waals surface area contributed by atoms with Gasteiger partial charge >= 0.3 is 5.69 Å². The Morgan fingerprint density at radius 3 is 2.70 bits per heavy atom. The third-order valence-electron chi connectivity index (χ3n) is 0.798. The Morgan fingerprint density at radius 1 is 1.50 bits per heavy atom. The number of hydrogen-bond acceptors (Lipinski definition) is 6. The molecule has 1 heterocycles. The topological polar surface area (TPSA) is 123 Å². The molecule has 10 heavy (non-hydrogen) atoms. The average Bonchev–Trinajstić information content (AvgIpc) is 1.85. The van der Waals surface area contributed by atoms with Crippen molar-refractivity contribution in [3.05, 3.63) is 10.5 Å². The van der Waals surface area contributed by atoms with Gasteiger partial charge in [-0.3, -0.25) is 10.4 Å². The van der Waals surface area contributed by atoms with Gasteiger partial charge in [-0.05, 0) is 0 Å². The minimum atomic E-state index is -0.583. The molecule has 0 aliphatic heterocycles. The van der Waals surface area contributed by atoms with Crippen LogP contribution in [0.1, 0.15) is 0 Å². The van der Waals surface area contributed by atoms with E-state index in [0.29, 0.717) is 0 Å². The molecular formula is C3H6N6O. The Morgan fingerprint density at radius 2 is 2.20 bits per heavy atom. The number of rotatable bonds is 1. The zero-order valence-electron chi connectivity index (χ0n) is 4.96. The molecule has 0 aliphatic carbocycles. The molecule has 0 bridgehead atoms. The van der Waals surface area contributed by atoms with Gasteiger partial charge in [0.25, 0.3) is 0 Å². The van der Waals surface area contributed by atoms with Gasteiger partial charge in [-0.15, -0.1) is 0 Å². The lowest BCUT2D eigenvalue weighted by Gasteiger charge is -1.95. The highest BCUT2D eigenvalue weighted by Gasteiger charge is 1.94. The molecule has 1 aromatic heterocycles. The van der Waals surface area contributed by atoms with Crippen molar-refractivity contribution in [1.29, 1.82) is 0 Å². The predicted octanol–water partition coefficient (Wildman–Crippen LogP) is -1.97. The van der Waals surface area contributed by atoms with Gasteiger partial charge in [-0.25, -0.2) is 10.6 Å². The highest BCUT2D eigenvalue weighted by Crippen LogP contribution is 1.89. The van der Waals surface area contributed by atoms with E-state index in [1.54, 1.807) is 0 Å². The van der Waals surface area contributed by atoms with E-state index < -0.39 is 5.69 Å². The minimum absolute atomic E-state index is 0.00116. The molecule has 0 fully saturated rings. The molecular weight excluding hydrogens is 136 g/mol. The van der Waals surface area contributed by atoms with Crippen molar-refractivity contribution in [3.8, 4) is 0 Å². The van der Waals surface area contributed by atoms with Crippen LogP contribution in [0, 0.1) is 0 Å².